The second-order valence-corrected chi connectivity index (χ2v) is 14.0. The fourth-order valence-electron chi connectivity index (χ4n) is 8.00. The molecule has 258 valence electrons. The normalized spacial score (nSPS) is 12.7. The topological polar surface area (TPSA) is 54.5 Å². The predicted octanol–water partition coefficient (Wildman–Crippen LogP) is 12.8. The van der Waals surface area contributed by atoms with Gasteiger partial charge in [0.25, 0.3) is 0 Å². The van der Waals surface area contributed by atoms with Gasteiger partial charge in [-0.3, -0.25) is 0 Å². The molecule has 0 saturated heterocycles. The van der Waals surface area contributed by atoms with Gasteiger partial charge in [0.15, 0.2) is 5.82 Å². The van der Waals surface area contributed by atoms with Gasteiger partial charge in [0.2, 0.25) is 5.88 Å². The fourth-order valence-corrected chi connectivity index (χ4v) is 8.00. The van der Waals surface area contributed by atoms with Crippen molar-refractivity contribution >= 4 is 33.9 Å². The number of hydrogen-bond donors (Lipinski definition) is 0. The number of hydrogen-bond acceptors (Lipinski definition) is 5. The van der Waals surface area contributed by atoms with Crippen LogP contribution in [-0.2, 0) is 0 Å². The van der Waals surface area contributed by atoms with Gasteiger partial charge >= 0.3 is 0 Å². The summed E-state index contributed by atoms with van der Waals surface area (Å²) in [6.45, 7) is 0.657. The number of anilines is 2. The molecule has 2 aliphatic rings. The molecule has 0 amide bonds. The molecule has 0 unspecified atom stereocenters. The molecule has 7 aromatic carbocycles. The molecule has 2 bridgehead atoms. The molecule has 5 heteroatoms. The summed E-state index contributed by atoms with van der Waals surface area (Å²) in [4.78, 5) is 17.5. The van der Waals surface area contributed by atoms with Gasteiger partial charge in [-0.05, 0) is 70.3 Å². The fraction of sp³-hybridized carbons (Fsp3) is 0.0200. The summed E-state index contributed by atoms with van der Waals surface area (Å²) in [5, 5.41) is 1.09. The van der Waals surface area contributed by atoms with Crippen molar-refractivity contribution < 1.29 is 4.42 Å². The Hall–Kier alpha value is -7.37. The van der Waals surface area contributed by atoms with E-state index in [4.69, 9.17) is 19.4 Å². The second kappa shape index (κ2) is 12.6. The van der Waals surface area contributed by atoms with Gasteiger partial charge in [-0.15, -0.1) is 0 Å². The molecule has 0 atom stereocenters. The number of aliphatic imine (C=N–C) groups is 1. The molecule has 55 heavy (non-hydrogen) atoms. The number of benzene rings is 7. The minimum absolute atomic E-state index is 0.657. The van der Waals surface area contributed by atoms with Gasteiger partial charge in [-0.25, -0.2) is 15.0 Å². The van der Waals surface area contributed by atoms with Crippen LogP contribution < -0.4 is 4.90 Å². The lowest BCUT2D eigenvalue weighted by molar-refractivity contribution is 0.614. The van der Waals surface area contributed by atoms with Crippen LogP contribution in [0.4, 0.5) is 17.3 Å². The van der Waals surface area contributed by atoms with Crippen molar-refractivity contribution in [3.05, 3.63) is 188 Å². The third-order valence-electron chi connectivity index (χ3n) is 10.7. The summed E-state index contributed by atoms with van der Waals surface area (Å²) >= 11 is 0. The predicted molar refractivity (Wildman–Crippen MR) is 224 cm³/mol. The summed E-state index contributed by atoms with van der Waals surface area (Å²) in [6.07, 6.45) is 0. The average Bonchev–Trinajstić information content (AvgIpc) is 3.61. The van der Waals surface area contributed by atoms with Crippen molar-refractivity contribution in [2.24, 2.45) is 4.99 Å². The molecule has 0 aliphatic carbocycles. The summed E-state index contributed by atoms with van der Waals surface area (Å²) in [5.74, 6) is 1.55. The van der Waals surface area contributed by atoms with E-state index in [-0.39, 0.29) is 0 Å². The zero-order valence-corrected chi connectivity index (χ0v) is 29.7. The molecule has 0 radical (unpaired) electrons. The number of nitrogens with zero attached hydrogens (tertiary/aromatic N) is 4. The maximum absolute atomic E-state index is 6.74. The smallest absolute Gasteiger partial charge is 0.209 e. The van der Waals surface area contributed by atoms with Gasteiger partial charge in [0, 0.05) is 27.6 Å². The Morgan fingerprint density at radius 1 is 0.455 bits per heavy atom. The Bertz CT molecular complexity index is 2910. The monoisotopic (exact) mass is 704 g/mol. The molecular formula is C50H32N4O. The highest BCUT2D eigenvalue weighted by Crippen LogP contribution is 2.50. The van der Waals surface area contributed by atoms with E-state index in [0.717, 1.165) is 101 Å². The van der Waals surface area contributed by atoms with Crippen LogP contribution in [0.25, 0.3) is 78.3 Å². The molecular weight excluding hydrogens is 673 g/mol. The Balaban J connectivity index is 1.00. The van der Waals surface area contributed by atoms with Crippen LogP contribution in [0.1, 0.15) is 5.56 Å². The molecule has 4 heterocycles. The van der Waals surface area contributed by atoms with Crippen molar-refractivity contribution in [1.82, 2.24) is 9.97 Å². The second-order valence-electron chi connectivity index (χ2n) is 14.0. The van der Waals surface area contributed by atoms with Crippen molar-refractivity contribution in [3.63, 3.8) is 0 Å². The lowest BCUT2D eigenvalue weighted by atomic mass is 9.94. The SMILES string of the molecule is c1ccc(-c2cc(-c3ccccc3)nc(-c3cccc(-c4cccc(-c5ccc6oc7c(c6c5)-c5ccccc5C5=Nc6ccccc6N7C5)c4)c3)n2)cc1. The highest BCUT2D eigenvalue weighted by molar-refractivity contribution is 6.18. The molecule has 0 fully saturated rings. The first-order valence-corrected chi connectivity index (χ1v) is 18.6. The van der Waals surface area contributed by atoms with E-state index < -0.39 is 0 Å². The number of fused-ring (bicyclic) bond motifs is 11. The lowest BCUT2D eigenvalue weighted by Gasteiger charge is -2.27. The van der Waals surface area contributed by atoms with Crippen LogP contribution >= 0.6 is 0 Å². The highest BCUT2D eigenvalue weighted by atomic mass is 16.4. The zero-order chi connectivity index (χ0) is 36.3. The first-order valence-electron chi connectivity index (χ1n) is 18.6. The van der Waals surface area contributed by atoms with Crippen LogP contribution in [0, 0.1) is 0 Å². The number of aromatic nitrogens is 2. The van der Waals surface area contributed by atoms with E-state index in [2.05, 4.69) is 144 Å². The van der Waals surface area contributed by atoms with Gasteiger partial charge in [-0.2, -0.15) is 0 Å². The van der Waals surface area contributed by atoms with Crippen LogP contribution in [0.5, 0.6) is 0 Å². The zero-order valence-electron chi connectivity index (χ0n) is 29.7. The Morgan fingerprint density at radius 3 is 1.73 bits per heavy atom. The molecule has 5 nitrogen and oxygen atoms in total. The maximum atomic E-state index is 6.74. The highest BCUT2D eigenvalue weighted by Gasteiger charge is 2.33. The lowest BCUT2D eigenvalue weighted by Crippen LogP contribution is -2.27. The van der Waals surface area contributed by atoms with Crippen LogP contribution in [0.2, 0.25) is 0 Å². The third-order valence-corrected chi connectivity index (χ3v) is 10.7. The van der Waals surface area contributed by atoms with Gasteiger partial charge in [-0.1, -0.05) is 140 Å². The summed E-state index contributed by atoms with van der Waals surface area (Å²) in [5.41, 5.74) is 16.6. The molecule has 2 aromatic heterocycles. The van der Waals surface area contributed by atoms with Gasteiger partial charge in [0.1, 0.15) is 5.58 Å². The molecule has 11 rings (SSSR count). The van der Waals surface area contributed by atoms with Gasteiger partial charge in [0.05, 0.1) is 40.6 Å². The van der Waals surface area contributed by atoms with E-state index in [1.807, 2.05) is 42.5 Å². The van der Waals surface area contributed by atoms with E-state index >= 15 is 0 Å². The summed E-state index contributed by atoms with van der Waals surface area (Å²) < 4.78 is 6.74. The molecule has 9 aromatic rings. The maximum Gasteiger partial charge on any atom is 0.209 e. The van der Waals surface area contributed by atoms with Crippen molar-refractivity contribution in [2.45, 2.75) is 0 Å². The quantitative estimate of drug-likeness (QED) is 0.179. The Labute approximate surface area is 318 Å². The molecule has 0 spiro atoms. The number of furan rings is 1. The van der Waals surface area contributed by atoms with Crippen molar-refractivity contribution in [1.29, 1.82) is 0 Å². The molecule has 0 N–H and O–H groups in total. The first kappa shape index (κ1) is 31.2. The molecule has 0 saturated carbocycles. The van der Waals surface area contributed by atoms with E-state index in [9.17, 15) is 0 Å². The van der Waals surface area contributed by atoms with E-state index in [1.54, 1.807) is 0 Å². The number of para-hydroxylation sites is 2. The van der Waals surface area contributed by atoms with Crippen LogP contribution in [0.3, 0.4) is 0 Å². The average molecular weight is 705 g/mol. The minimum Gasteiger partial charge on any atom is -0.439 e. The van der Waals surface area contributed by atoms with Crippen molar-refractivity contribution in [2.75, 3.05) is 11.4 Å². The summed E-state index contributed by atoms with van der Waals surface area (Å²) in [7, 11) is 0. The largest absolute Gasteiger partial charge is 0.439 e. The molecule has 2 aliphatic heterocycles. The summed E-state index contributed by atoms with van der Waals surface area (Å²) in [6, 6.07) is 63.4. The Morgan fingerprint density at radius 2 is 1.02 bits per heavy atom. The minimum atomic E-state index is 0.657. The third kappa shape index (κ3) is 5.36. The standard InChI is InChI=1S/C50H32N4O/c1-3-13-32(14-4-1)43-30-44(33-15-5-2-6-16-33)53-49(52-43)38-20-12-19-36(28-38)34-17-11-18-35(27-34)37-25-26-47-41(29-37)48-40-22-8-7-21-39(40)45-31-54(50(48)55-47)46-24-10-9-23-42(46)51-45/h1-30H,31H2. The first-order chi connectivity index (χ1) is 27.2. The van der Waals surface area contributed by atoms with E-state index in [1.165, 1.54) is 0 Å². The number of rotatable bonds is 5. The van der Waals surface area contributed by atoms with Gasteiger partial charge < -0.3 is 9.32 Å². The van der Waals surface area contributed by atoms with Crippen LogP contribution in [-0.4, -0.2) is 22.2 Å². The van der Waals surface area contributed by atoms with Crippen molar-refractivity contribution in [3.8, 4) is 67.3 Å². The van der Waals surface area contributed by atoms with Crippen LogP contribution in [0.15, 0.2) is 191 Å². The van der Waals surface area contributed by atoms with E-state index in [0.29, 0.717) is 12.4 Å². The Kier molecular flexibility index (Phi) is 7.17.